The third-order valence-electron chi connectivity index (χ3n) is 4.56. The molecule has 0 spiro atoms. The minimum absolute atomic E-state index is 0. The number of likely N-dealkylation sites (tertiary alicyclic amines) is 1. The first-order chi connectivity index (χ1) is 11.2. The summed E-state index contributed by atoms with van der Waals surface area (Å²) >= 11 is 0. The molecule has 0 aromatic heterocycles. The predicted octanol–water partition coefficient (Wildman–Crippen LogP) is 1.44. The van der Waals surface area contributed by atoms with Gasteiger partial charge in [0.25, 0.3) is 0 Å². The number of amides is 1. The summed E-state index contributed by atoms with van der Waals surface area (Å²) in [5.74, 6) is 0.969. The maximum absolute atomic E-state index is 11.8. The lowest BCUT2D eigenvalue weighted by molar-refractivity contribution is 0.0914. The van der Waals surface area contributed by atoms with Gasteiger partial charge < -0.3 is 24.8 Å². The van der Waals surface area contributed by atoms with Crippen molar-refractivity contribution in [1.29, 1.82) is 0 Å². The van der Waals surface area contributed by atoms with Crippen LogP contribution in [0.3, 0.4) is 0 Å². The second-order valence-electron chi connectivity index (χ2n) is 6.14. The van der Waals surface area contributed by atoms with Gasteiger partial charge in [-0.2, -0.15) is 0 Å². The Balaban J connectivity index is 0.00000288. The van der Waals surface area contributed by atoms with Crippen LogP contribution >= 0.6 is 24.0 Å². The lowest BCUT2D eigenvalue weighted by Crippen LogP contribution is -2.54. The number of likely N-dealkylation sites (N-methyl/N-ethyl adjacent to an activating group) is 1. The van der Waals surface area contributed by atoms with Crippen LogP contribution in [0, 0.1) is 0 Å². The van der Waals surface area contributed by atoms with E-state index >= 15 is 0 Å². The summed E-state index contributed by atoms with van der Waals surface area (Å²) in [7, 11) is 2.18. The van der Waals surface area contributed by atoms with Gasteiger partial charge in [-0.1, -0.05) is 0 Å². The predicted molar refractivity (Wildman–Crippen MR) is 107 cm³/mol. The van der Waals surface area contributed by atoms with E-state index in [-0.39, 0.29) is 30.1 Å². The number of rotatable bonds is 4. The summed E-state index contributed by atoms with van der Waals surface area (Å²) in [6.07, 6.45) is 2.29. The molecule has 0 radical (unpaired) electrons. The summed E-state index contributed by atoms with van der Waals surface area (Å²) < 4.78 is 5.07. The van der Waals surface area contributed by atoms with E-state index in [0.717, 1.165) is 32.1 Å². The first kappa shape index (κ1) is 21.3. The minimum Gasteiger partial charge on any atom is -0.450 e. The highest BCUT2D eigenvalue weighted by Gasteiger charge is 2.25. The number of aliphatic imine (C=N–C) groups is 1. The molecule has 8 heteroatoms. The molecule has 1 N–H and O–H groups in total. The molecule has 1 amide bonds. The van der Waals surface area contributed by atoms with Crippen molar-refractivity contribution in [2.75, 3.05) is 59.5 Å². The molecule has 0 bridgehead atoms. The summed E-state index contributed by atoms with van der Waals surface area (Å²) in [5.41, 5.74) is 0. The molecule has 2 fully saturated rings. The average molecular weight is 453 g/mol. The number of guanidine groups is 1. The molecule has 2 saturated heterocycles. The minimum atomic E-state index is -0.207. The van der Waals surface area contributed by atoms with Crippen molar-refractivity contribution in [2.24, 2.45) is 4.99 Å². The zero-order valence-corrected chi connectivity index (χ0v) is 17.5. The van der Waals surface area contributed by atoms with Gasteiger partial charge in [-0.15, -0.1) is 24.0 Å². The average Bonchev–Trinajstić information content (AvgIpc) is 2.97. The lowest BCUT2D eigenvalue weighted by atomic mass is 10.2. The van der Waals surface area contributed by atoms with Crippen LogP contribution in [0.25, 0.3) is 0 Å². The van der Waals surface area contributed by atoms with Crippen molar-refractivity contribution in [3.8, 4) is 0 Å². The molecule has 1 unspecified atom stereocenters. The number of ether oxygens (including phenoxy) is 1. The molecule has 0 saturated carbocycles. The van der Waals surface area contributed by atoms with Crippen LogP contribution < -0.4 is 5.32 Å². The summed E-state index contributed by atoms with van der Waals surface area (Å²) in [5, 5.41) is 3.38. The molecule has 7 nitrogen and oxygen atoms in total. The van der Waals surface area contributed by atoms with Crippen molar-refractivity contribution >= 4 is 36.0 Å². The lowest BCUT2D eigenvalue weighted by Gasteiger charge is -2.36. The maximum Gasteiger partial charge on any atom is 0.409 e. The molecule has 2 rings (SSSR count). The van der Waals surface area contributed by atoms with Crippen LogP contribution in [-0.2, 0) is 4.74 Å². The Bertz CT molecular complexity index is 413. The Morgan fingerprint density at radius 3 is 2.38 bits per heavy atom. The third kappa shape index (κ3) is 5.94. The van der Waals surface area contributed by atoms with E-state index in [1.165, 1.54) is 19.4 Å². The van der Waals surface area contributed by atoms with Gasteiger partial charge in [-0.3, -0.25) is 4.99 Å². The molecule has 24 heavy (non-hydrogen) atoms. The molecule has 2 aliphatic heterocycles. The number of carbonyl (C=O) groups is 1. The van der Waals surface area contributed by atoms with Gasteiger partial charge in [0.1, 0.15) is 0 Å². The van der Waals surface area contributed by atoms with Gasteiger partial charge in [0.05, 0.1) is 13.2 Å². The summed E-state index contributed by atoms with van der Waals surface area (Å²) in [6.45, 7) is 10.2. The van der Waals surface area contributed by atoms with Crippen LogP contribution in [0.2, 0.25) is 0 Å². The standard InChI is InChI=1S/C16H31N5O2.HI/c1-4-17-15(18-13-14-7-6-8-19(14)3)20-9-11-21(12-10-20)16(22)23-5-2;/h14H,4-13H2,1-3H3,(H,17,18);1H. The van der Waals surface area contributed by atoms with Crippen molar-refractivity contribution in [2.45, 2.75) is 32.7 Å². The maximum atomic E-state index is 11.8. The van der Waals surface area contributed by atoms with Crippen molar-refractivity contribution in [1.82, 2.24) is 20.0 Å². The van der Waals surface area contributed by atoms with Crippen LogP contribution in [0.5, 0.6) is 0 Å². The molecule has 1 atom stereocenters. The Labute approximate surface area is 162 Å². The Morgan fingerprint density at radius 2 is 1.83 bits per heavy atom. The van der Waals surface area contributed by atoms with Crippen molar-refractivity contribution in [3.05, 3.63) is 0 Å². The fourth-order valence-electron chi connectivity index (χ4n) is 3.14. The fourth-order valence-corrected chi connectivity index (χ4v) is 3.14. The highest BCUT2D eigenvalue weighted by Crippen LogP contribution is 2.15. The number of carbonyl (C=O) groups excluding carboxylic acids is 1. The van der Waals surface area contributed by atoms with Gasteiger partial charge in [0.2, 0.25) is 0 Å². The van der Waals surface area contributed by atoms with Crippen LogP contribution in [0.1, 0.15) is 26.7 Å². The van der Waals surface area contributed by atoms with E-state index < -0.39 is 0 Å². The topological polar surface area (TPSA) is 60.4 Å². The molecule has 140 valence electrons. The number of hydrogen-bond donors (Lipinski definition) is 1. The van der Waals surface area contributed by atoms with Gasteiger partial charge in [0.15, 0.2) is 5.96 Å². The van der Waals surface area contributed by atoms with E-state index in [2.05, 4.69) is 29.1 Å². The SMILES string of the molecule is CCNC(=NCC1CCCN1C)N1CCN(C(=O)OCC)CC1.I. The quantitative estimate of drug-likeness (QED) is 0.397. The number of piperazine rings is 1. The molecule has 2 aliphatic rings. The van der Waals surface area contributed by atoms with Crippen LogP contribution in [0.4, 0.5) is 4.79 Å². The van der Waals surface area contributed by atoms with E-state index in [1.54, 1.807) is 4.90 Å². The molecular weight excluding hydrogens is 421 g/mol. The van der Waals surface area contributed by atoms with E-state index in [9.17, 15) is 4.79 Å². The number of hydrogen-bond acceptors (Lipinski definition) is 4. The molecule has 0 aliphatic carbocycles. The van der Waals surface area contributed by atoms with Gasteiger partial charge in [0, 0.05) is 38.8 Å². The highest BCUT2D eigenvalue weighted by molar-refractivity contribution is 14.0. The largest absolute Gasteiger partial charge is 0.450 e. The number of nitrogens with zero attached hydrogens (tertiary/aromatic N) is 4. The molecular formula is C16H32IN5O2. The summed E-state index contributed by atoms with van der Waals surface area (Å²) in [4.78, 5) is 23.0. The highest BCUT2D eigenvalue weighted by atomic mass is 127. The molecule has 0 aromatic carbocycles. The van der Waals surface area contributed by atoms with Gasteiger partial charge in [-0.05, 0) is 40.3 Å². The fraction of sp³-hybridized carbons (Fsp3) is 0.875. The van der Waals surface area contributed by atoms with E-state index in [0.29, 0.717) is 25.7 Å². The first-order valence-corrected chi connectivity index (χ1v) is 8.80. The van der Waals surface area contributed by atoms with E-state index in [4.69, 9.17) is 9.73 Å². The first-order valence-electron chi connectivity index (χ1n) is 8.80. The van der Waals surface area contributed by atoms with Gasteiger partial charge >= 0.3 is 6.09 Å². The second kappa shape index (κ2) is 11.0. The van der Waals surface area contributed by atoms with Crippen LogP contribution in [0.15, 0.2) is 4.99 Å². The Morgan fingerprint density at radius 1 is 1.17 bits per heavy atom. The van der Waals surface area contributed by atoms with Crippen LogP contribution in [-0.4, -0.2) is 92.3 Å². The zero-order valence-electron chi connectivity index (χ0n) is 15.2. The smallest absolute Gasteiger partial charge is 0.409 e. The molecule has 2 heterocycles. The number of nitrogens with one attached hydrogen (secondary N) is 1. The number of halogens is 1. The Kier molecular flexibility index (Phi) is 9.72. The van der Waals surface area contributed by atoms with Crippen molar-refractivity contribution < 1.29 is 9.53 Å². The zero-order chi connectivity index (χ0) is 16.7. The summed E-state index contributed by atoms with van der Waals surface area (Å²) in [6, 6.07) is 0.560. The third-order valence-corrected chi connectivity index (χ3v) is 4.56. The normalized spacial score (nSPS) is 22.3. The van der Waals surface area contributed by atoms with Crippen molar-refractivity contribution in [3.63, 3.8) is 0 Å². The Hall–Kier alpha value is -0.770. The second-order valence-corrected chi connectivity index (χ2v) is 6.14. The molecule has 0 aromatic rings. The van der Waals surface area contributed by atoms with Gasteiger partial charge in [-0.25, -0.2) is 4.79 Å². The van der Waals surface area contributed by atoms with E-state index in [1.807, 2.05) is 6.92 Å². The monoisotopic (exact) mass is 453 g/mol.